The quantitative estimate of drug-likeness (QED) is 0.790. The van der Waals surface area contributed by atoms with E-state index < -0.39 is 0 Å². The third-order valence-electron chi connectivity index (χ3n) is 4.16. The smallest absolute Gasteiger partial charge is 0.160 e. The van der Waals surface area contributed by atoms with Gasteiger partial charge in [0.05, 0.1) is 6.04 Å². The summed E-state index contributed by atoms with van der Waals surface area (Å²) < 4.78 is 20.8. The van der Waals surface area contributed by atoms with Crippen molar-refractivity contribution < 1.29 is 9.13 Å². The van der Waals surface area contributed by atoms with Crippen LogP contribution in [0.1, 0.15) is 24.7 Å². The van der Waals surface area contributed by atoms with Crippen molar-refractivity contribution in [3.8, 4) is 11.4 Å². The number of ether oxygens (including phenoxy) is 1. The third kappa shape index (κ3) is 2.20. The molecule has 1 fully saturated rings. The maximum atomic E-state index is 13.4. The number of nitrogens with zero attached hydrogens (tertiary/aromatic N) is 3. The van der Waals surface area contributed by atoms with E-state index >= 15 is 0 Å². The molecular weight excluding hydrogens is 283 g/mol. The number of aromatic nitrogens is 4. The Bertz CT molecular complexity index is 817. The maximum absolute atomic E-state index is 13.4. The number of benzene rings is 1. The van der Waals surface area contributed by atoms with Crippen LogP contribution in [0.25, 0.3) is 22.3 Å². The number of rotatable bonds is 2. The van der Waals surface area contributed by atoms with Gasteiger partial charge in [0.15, 0.2) is 5.82 Å². The van der Waals surface area contributed by atoms with Crippen molar-refractivity contribution in [2.75, 3.05) is 13.2 Å². The van der Waals surface area contributed by atoms with Gasteiger partial charge in [-0.3, -0.25) is 0 Å². The minimum Gasteiger partial charge on any atom is -0.381 e. The second-order valence-electron chi connectivity index (χ2n) is 5.66. The molecule has 0 atom stereocenters. The van der Waals surface area contributed by atoms with Crippen molar-refractivity contribution in [1.29, 1.82) is 0 Å². The minimum absolute atomic E-state index is 0.247. The standard InChI is InChI=1S/C16H17FN4O/c1-10-19-16(21(20-10)12-4-6-22-7-5-12)14-9-18-15-8-11(17)2-3-13(14)15/h2-3,8-9,12,18H,4-7H2,1H3. The van der Waals surface area contributed by atoms with Gasteiger partial charge in [0.25, 0.3) is 0 Å². The second kappa shape index (κ2) is 5.21. The van der Waals surface area contributed by atoms with Gasteiger partial charge in [0, 0.05) is 35.9 Å². The van der Waals surface area contributed by atoms with Crippen molar-refractivity contribution in [3.05, 3.63) is 36.0 Å². The first-order valence-corrected chi connectivity index (χ1v) is 7.50. The molecule has 3 aromatic rings. The zero-order valence-corrected chi connectivity index (χ0v) is 12.3. The summed E-state index contributed by atoms with van der Waals surface area (Å²) in [6.45, 7) is 3.40. The SMILES string of the molecule is Cc1nc(-c2c[nH]c3cc(F)ccc23)n(C2CCOCC2)n1. The Morgan fingerprint density at radius 3 is 2.95 bits per heavy atom. The summed E-state index contributed by atoms with van der Waals surface area (Å²) >= 11 is 0. The van der Waals surface area contributed by atoms with Gasteiger partial charge in [0.2, 0.25) is 0 Å². The predicted octanol–water partition coefficient (Wildman–Crippen LogP) is 3.23. The van der Waals surface area contributed by atoms with Gasteiger partial charge in [-0.2, -0.15) is 5.10 Å². The summed E-state index contributed by atoms with van der Waals surface area (Å²) in [5.74, 6) is 1.34. The summed E-state index contributed by atoms with van der Waals surface area (Å²) in [5, 5.41) is 5.54. The molecule has 1 aromatic carbocycles. The van der Waals surface area contributed by atoms with Gasteiger partial charge < -0.3 is 9.72 Å². The molecule has 1 saturated heterocycles. The summed E-state index contributed by atoms with van der Waals surface area (Å²) in [6.07, 6.45) is 3.75. The molecule has 0 radical (unpaired) electrons. The highest BCUT2D eigenvalue weighted by molar-refractivity contribution is 5.93. The van der Waals surface area contributed by atoms with Crippen LogP contribution >= 0.6 is 0 Å². The lowest BCUT2D eigenvalue weighted by Gasteiger charge is -2.23. The lowest BCUT2D eigenvalue weighted by molar-refractivity contribution is 0.0666. The van der Waals surface area contributed by atoms with Crippen LogP contribution in [0.3, 0.4) is 0 Å². The molecule has 0 aliphatic carbocycles. The second-order valence-corrected chi connectivity index (χ2v) is 5.66. The van der Waals surface area contributed by atoms with E-state index in [1.807, 2.05) is 17.8 Å². The number of hydrogen-bond donors (Lipinski definition) is 1. The van der Waals surface area contributed by atoms with Gasteiger partial charge in [-0.1, -0.05) is 0 Å². The van der Waals surface area contributed by atoms with Gasteiger partial charge >= 0.3 is 0 Å². The van der Waals surface area contributed by atoms with E-state index in [0.29, 0.717) is 6.04 Å². The molecule has 6 heteroatoms. The van der Waals surface area contributed by atoms with Crippen molar-refractivity contribution in [3.63, 3.8) is 0 Å². The molecule has 0 saturated carbocycles. The van der Waals surface area contributed by atoms with Crippen LogP contribution in [-0.2, 0) is 4.74 Å². The van der Waals surface area contributed by atoms with Crippen LogP contribution in [0, 0.1) is 12.7 Å². The average Bonchev–Trinajstić information content (AvgIpc) is 3.11. The highest BCUT2D eigenvalue weighted by Gasteiger charge is 2.22. The Hall–Kier alpha value is -2.21. The fourth-order valence-electron chi connectivity index (χ4n) is 3.08. The van der Waals surface area contributed by atoms with E-state index in [2.05, 4.69) is 15.1 Å². The summed E-state index contributed by atoms with van der Waals surface area (Å²) in [5.41, 5.74) is 1.73. The molecule has 0 unspecified atom stereocenters. The molecule has 0 amide bonds. The number of nitrogens with one attached hydrogen (secondary N) is 1. The Morgan fingerprint density at radius 1 is 1.32 bits per heavy atom. The highest BCUT2D eigenvalue weighted by Crippen LogP contribution is 2.31. The van der Waals surface area contributed by atoms with Crippen LogP contribution in [0.5, 0.6) is 0 Å². The number of fused-ring (bicyclic) bond motifs is 1. The van der Waals surface area contributed by atoms with Crippen LogP contribution in [0.4, 0.5) is 4.39 Å². The normalized spacial score (nSPS) is 16.5. The topological polar surface area (TPSA) is 55.7 Å². The Morgan fingerprint density at radius 2 is 2.14 bits per heavy atom. The molecule has 22 heavy (non-hydrogen) atoms. The van der Waals surface area contributed by atoms with Crippen molar-refractivity contribution in [2.24, 2.45) is 0 Å². The van der Waals surface area contributed by atoms with E-state index in [-0.39, 0.29) is 5.82 Å². The lowest BCUT2D eigenvalue weighted by Crippen LogP contribution is -2.21. The maximum Gasteiger partial charge on any atom is 0.160 e. The van der Waals surface area contributed by atoms with Crippen molar-refractivity contribution in [1.82, 2.24) is 19.7 Å². The molecular formula is C16H17FN4O. The van der Waals surface area contributed by atoms with Crippen molar-refractivity contribution >= 4 is 10.9 Å². The van der Waals surface area contributed by atoms with Crippen LogP contribution < -0.4 is 0 Å². The minimum atomic E-state index is -0.247. The monoisotopic (exact) mass is 300 g/mol. The van der Waals surface area contributed by atoms with Gasteiger partial charge in [-0.15, -0.1) is 0 Å². The predicted molar refractivity (Wildman–Crippen MR) is 81.1 cm³/mol. The van der Waals surface area contributed by atoms with E-state index in [0.717, 1.165) is 54.2 Å². The van der Waals surface area contributed by atoms with E-state index in [4.69, 9.17) is 4.74 Å². The third-order valence-corrected chi connectivity index (χ3v) is 4.16. The molecule has 0 bridgehead atoms. The van der Waals surface area contributed by atoms with Gasteiger partial charge in [0.1, 0.15) is 11.6 Å². The van der Waals surface area contributed by atoms with Gasteiger partial charge in [-0.25, -0.2) is 14.1 Å². The molecule has 0 spiro atoms. The molecule has 2 aromatic heterocycles. The first-order chi connectivity index (χ1) is 10.7. The van der Waals surface area contributed by atoms with E-state index in [9.17, 15) is 4.39 Å². The Balaban J connectivity index is 1.84. The number of aromatic amines is 1. The van der Waals surface area contributed by atoms with Crippen LogP contribution in [-0.4, -0.2) is 33.0 Å². The molecule has 1 N–H and O–H groups in total. The molecule has 1 aliphatic heterocycles. The fraction of sp³-hybridized carbons (Fsp3) is 0.375. The van der Waals surface area contributed by atoms with Crippen molar-refractivity contribution in [2.45, 2.75) is 25.8 Å². The average molecular weight is 300 g/mol. The molecule has 1 aliphatic rings. The Labute approximate surface area is 127 Å². The number of hydrogen-bond acceptors (Lipinski definition) is 3. The largest absolute Gasteiger partial charge is 0.381 e. The number of halogens is 1. The summed E-state index contributed by atoms with van der Waals surface area (Å²) in [4.78, 5) is 7.72. The van der Waals surface area contributed by atoms with E-state index in [1.54, 1.807) is 6.07 Å². The zero-order valence-electron chi connectivity index (χ0n) is 12.3. The number of H-pyrrole nitrogens is 1. The lowest BCUT2D eigenvalue weighted by atomic mass is 10.1. The molecule has 114 valence electrons. The van der Waals surface area contributed by atoms with Gasteiger partial charge in [-0.05, 0) is 38.0 Å². The first-order valence-electron chi connectivity index (χ1n) is 7.50. The van der Waals surface area contributed by atoms with E-state index in [1.165, 1.54) is 12.1 Å². The van der Waals surface area contributed by atoms with Crippen LogP contribution in [0.15, 0.2) is 24.4 Å². The highest BCUT2D eigenvalue weighted by atomic mass is 19.1. The summed E-state index contributed by atoms with van der Waals surface area (Å²) in [6, 6.07) is 5.06. The Kier molecular flexibility index (Phi) is 3.18. The number of aryl methyl sites for hydroxylation is 1. The molecule has 4 rings (SSSR count). The first kappa shape index (κ1) is 13.5. The fourth-order valence-corrected chi connectivity index (χ4v) is 3.08. The zero-order chi connectivity index (χ0) is 15.1. The molecule has 3 heterocycles. The van der Waals surface area contributed by atoms with Crippen LogP contribution in [0.2, 0.25) is 0 Å². The summed E-state index contributed by atoms with van der Waals surface area (Å²) in [7, 11) is 0. The molecule has 5 nitrogen and oxygen atoms in total.